The van der Waals surface area contributed by atoms with E-state index < -0.39 is 23.1 Å². The van der Waals surface area contributed by atoms with Gasteiger partial charge in [-0.3, -0.25) is 4.79 Å². The summed E-state index contributed by atoms with van der Waals surface area (Å²) in [5, 5.41) is 5.43. The number of carbonyl (C=O) groups is 1. The lowest BCUT2D eigenvalue weighted by Crippen LogP contribution is -2.36. The van der Waals surface area contributed by atoms with Gasteiger partial charge in [-0.05, 0) is 57.2 Å². The molecule has 0 radical (unpaired) electrons. The van der Waals surface area contributed by atoms with Crippen LogP contribution in [0.15, 0.2) is 30.3 Å². The summed E-state index contributed by atoms with van der Waals surface area (Å²) in [6.07, 6.45) is 1.99. The molecule has 0 bridgehead atoms. The maximum atomic E-state index is 14.0. The highest BCUT2D eigenvalue weighted by molar-refractivity contribution is 6.31. The molecule has 1 fully saturated rings. The van der Waals surface area contributed by atoms with Gasteiger partial charge < -0.3 is 15.5 Å². The van der Waals surface area contributed by atoms with Crippen molar-refractivity contribution in [1.82, 2.24) is 9.88 Å². The first-order chi connectivity index (χ1) is 12.4. The van der Waals surface area contributed by atoms with Crippen LogP contribution in [-0.4, -0.2) is 42.0 Å². The van der Waals surface area contributed by atoms with Crippen molar-refractivity contribution in [3.63, 3.8) is 0 Å². The smallest absolute Gasteiger partial charge is 0.262 e. The highest BCUT2D eigenvalue weighted by atomic mass is 35.5. The fourth-order valence-corrected chi connectivity index (χ4v) is 3.02. The van der Waals surface area contributed by atoms with Crippen molar-refractivity contribution in [3.8, 4) is 0 Å². The van der Waals surface area contributed by atoms with Crippen LogP contribution in [-0.2, 0) is 0 Å². The monoisotopic (exact) mass is 380 g/mol. The van der Waals surface area contributed by atoms with E-state index in [1.807, 2.05) is 0 Å². The van der Waals surface area contributed by atoms with E-state index in [4.69, 9.17) is 11.6 Å². The number of likely N-dealkylation sites (tertiary alicyclic amines) is 1. The van der Waals surface area contributed by atoms with E-state index in [1.54, 1.807) is 18.2 Å². The average Bonchev–Trinajstić information content (AvgIpc) is 2.61. The molecule has 0 unspecified atom stereocenters. The minimum absolute atomic E-state index is 0.201. The number of aromatic nitrogens is 1. The fraction of sp³-hybridized carbons (Fsp3) is 0.333. The Bertz CT molecular complexity index is 810. The molecule has 0 saturated carbocycles. The van der Waals surface area contributed by atoms with Gasteiger partial charge in [-0.15, -0.1) is 0 Å². The second-order valence-electron chi connectivity index (χ2n) is 6.30. The summed E-state index contributed by atoms with van der Waals surface area (Å²) in [6, 6.07) is 7.36. The SMILES string of the molecule is CN1CCC(Nc2cccc(NC(=O)c3c(F)ccc(Cl)c3F)n2)CC1. The van der Waals surface area contributed by atoms with E-state index in [9.17, 15) is 13.6 Å². The Hall–Kier alpha value is -2.25. The molecule has 1 saturated heterocycles. The van der Waals surface area contributed by atoms with Crippen molar-refractivity contribution in [2.75, 3.05) is 30.8 Å². The first-order valence-electron chi connectivity index (χ1n) is 8.31. The highest BCUT2D eigenvalue weighted by Crippen LogP contribution is 2.22. The van der Waals surface area contributed by atoms with Crippen LogP contribution in [0.4, 0.5) is 20.4 Å². The molecule has 0 aliphatic carbocycles. The molecule has 1 aromatic heterocycles. The molecule has 1 aromatic carbocycles. The summed E-state index contributed by atoms with van der Waals surface area (Å²) < 4.78 is 27.8. The number of carbonyl (C=O) groups excluding carboxylic acids is 1. The van der Waals surface area contributed by atoms with E-state index >= 15 is 0 Å². The topological polar surface area (TPSA) is 57.3 Å². The predicted octanol–water partition coefficient (Wildman–Crippen LogP) is 3.77. The van der Waals surface area contributed by atoms with Gasteiger partial charge in [0.25, 0.3) is 5.91 Å². The molecule has 0 spiro atoms. The molecule has 1 aliphatic heterocycles. The van der Waals surface area contributed by atoms with Crippen molar-refractivity contribution in [1.29, 1.82) is 0 Å². The molecular weight excluding hydrogens is 362 g/mol. The lowest BCUT2D eigenvalue weighted by atomic mass is 10.1. The molecule has 0 atom stereocenters. The van der Waals surface area contributed by atoms with Crippen LogP contribution in [0, 0.1) is 11.6 Å². The molecule has 2 aromatic rings. The van der Waals surface area contributed by atoms with Crippen LogP contribution in [0.25, 0.3) is 0 Å². The Balaban J connectivity index is 1.71. The zero-order chi connectivity index (χ0) is 18.7. The van der Waals surface area contributed by atoms with Gasteiger partial charge in [-0.2, -0.15) is 0 Å². The zero-order valence-corrected chi connectivity index (χ0v) is 15.0. The summed E-state index contributed by atoms with van der Waals surface area (Å²) in [4.78, 5) is 18.8. The van der Waals surface area contributed by atoms with Crippen molar-refractivity contribution < 1.29 is 13.6 Å². The highest BCUT2D eigenvalue weighted by Gasteiger charge is 2.21. The predicted molar refractivity (Wildman–Crippen MR) is 97.7 cm³/mol. The van der Waals surface area contributed by atoms with Gasteiger partial charge in [0.05, 0.1) is 5.02 Å². The second-order valence-corrected chi connectivity index (χ2v) is 6.71. The summed E-state index contributed by atoms with van der Waals surface area (Å²) in [5.74, 6) is -2.21. The molecule has 138 valence electrons. The number of hydrogen-bond acceptors (Lipinski definition) is 4. The zero-order valence-electron chi connectivity index (χ0n) is 14.2. The molecule has 1 aliphatic rings. The standard InChI is InChI=1S/C18H19ClF2N4O/c1-25-9-7-11(8-10-25)22-14-3-2-4-15(23-14)24-18(26)16-13(20)6-5-12(19)17(16)21/h2-6,11H,7-10H2,1H3,(H2,22,23,24,26). The maximum Gasteiger partial charge on any atom is 0.262 e. The van der Waals surface area contributed by atoms with Gasteiger partial charge in [-0.1, -0.05) is 17.7 Å². The number of halogens is 3. The average molecular weight is 381 g/mol. The number of piperidine rings is 1. The van der Waals surface area contributed by atoms with Gasteiger partial charge in [0.1, 0.15) is 23.0 Å². The summed E-state index contributed by atoms with van der Waals surface area (Å²) >= 11 is 5.63. The molecule has 26 heavy (non-hydrogen) atoms. The van der Waals surface area contributed by atoms with Crippen LogP contribution < -0.4 is 10.6 Å². The lowest BCUT2D eigenvalue weighted by Gasteiger charge is -2.29. The quantitative estimate of drug-likeness (QED) is 0.793. The number of amides is 1. The molecule has 1 amide bonds. The van der Waals surface area contributed by atoms with Gasteiger partial charge in [0.2, 0.25) is 0 Å². The Morgan fingerprint density at radius 3 is 2.62 bits per heavy atom. The minimum atomic E-state index is -1.09. The second kappa shape index (κ2) is 7.97. The van der Waals surface area contributed by atoms with Crippen molar-refractivity contribution >= 4 is 29.1 Å². The Morgan fingerprint density at radius 2 is 1.88 bits per heavy atom. The number of anilines is 2. The normalized spacial score (nSPS) is 15.7. The Kier molecular flexibility index (Phi) is 5.68. The Morgan fingerprint density at radius 1 is 1.19 bits per heavy atom. The van der Waals surface area contributed by atoms with Gasteiger partial charge in [0.15, 0.2) is 5.82 Å². The van der Waals surface area contributed by atoms with E-state index in [2.05, 4.69) is 27.6 Å². The number of pyridine rings is 1. The fourth-order valence-electron chi connectivity index (χ4n) is 2.86. The van der Waals surface area contributed by atoms with Crippen LogP contribution in [0.2, 0.25) is 5.02 Å². The van der Waals surface area contributed by atoms with Crippen LogP contribution in [0.1, 0.15) is 23.2 Å². The first-order valence-corrected chi connectivity index (χ1v) is 8.69. The van der Waals surface area contributed by atoms with Crippen LogP contribution in [0.3, 0.4) is 0 Å². The van der Waals surface area contributed by atoms with Gasteiger partial charge >= 0.3 is 0 Å². The van der Waals surface area contributed by atoms with E-state index in [1.165, 1.54) is 0 Å². The lowest BCUT2D eigenvalue weighted by molar-refractivity contribution is 0.101. The third-order valence-corrected chi connectivity index (χ3v) is 4.62. The van der Waals surface area contributed by atoms with Gasteiger partial charge in [0, 0.05) is 6.04 Å². The van der Waals surface area contributed by atoms with Gasteiger partial charge in [-0.25, -0.2) is 13.8 Å². The maximum absolute atomic E-state index is 14.0. The number of nitrogens with zero attached hydrogens (tertiary/aromatic N) is 2. The van der Waals surface area contributed by atoms with Crippen molar-refractivity contribution in [2.45, 2.75) is 18.9 Å². The van der Waals surface area contributed by atoms with E-state index in [0.29, 0.717) is 11.9 Å². The van der Waals surface area contributed by atoms with Crippen LogP contribution in [0.5, 0.6) is 0 Å². The number of nitrogens with one attached hydrogen (secondary N) is 2. The Labute approximate surface area is 155 Å². The number of rotatable bonds is 4. The summed E-state index contributed by atoms with van der Waals surface area (Å²) in [7, 11) is 2.08. The number of benzene rings is 1. The molecule has 5 nitrogen and oxygen atoms in total. The van der Waals surface area contributed by atoms with Crippen LogP contribution >= 0.6 is 11.6 Å². The molecular formula is C18H19ClF2N4O. The van der Waals surface area contributed by atoms with Crippen molar-refractivity contribution in [2.24, 2.45) is 0 Å². The van der Waals surface area contributed by atoms with E-state index in [0.717, 1.165) is 38.1 Å². The van der Waals surface area contributed by atoms with E-state index in [-0.39, 0.29) is 10.8 Å². The first kappa shape index (κ1) is 18.5. The molecule has 3 rings (SSSR count). The summed E-state index contributed by atoms with van der Waals surface area (Å²) in [6.45, 7) is 2.00. The third-order valence-electron chi connectivity index (χ3n) is 4.33. The number of hydrogen-bond donors (Lipinski definition) is 2. The van der Waals surface area contributed by atoms with Crippen molar-refractivity contribution in [3.05, 3.63) is 52.6 Å². The minimum Gasteiger partial charge on any atom is -0.367 e. The summed E-state index contributed by atoms with van der Waals surface area (Å²) in [5.41, 5.74) is -0.729. The molecule has 8 heteroatoms. The largest absolute Gasteiger partial charge is 0.367 e. The molecule has 2 N–H and O–H groups in total. The molecule has 2 heterocycles. The third kappa shape index (κ3) is 4.28.